The molecule has 3 N–H and O–H groups in total. The van der Waals surface area contributed by atoms with Crippen molar-refractivity contribution < 1.29 is 13.0 Å². The summed E-state index contributed by atoms with van der Waals surface area (Å²) >= 11 is 5.53. The van der Waals surface area contributed by atoms with E-state index in [-0.39, 0.29) is 5.96 Å². The van der Waals surface area contributed by atoms with Crippen LogP contribution in [0.15, 0.2) is 9.98 Å². The largest absolute Gasteiger partial charge is 0.338 e. The lowest BCUT2D eigenvalue weighted by Crippen LogP contribution is -2.46. The molecule has 14 heavy (non-hydrogen) atoms. The van der Waals surface area contributed by atoms with Gasteiger partial charge in [0.05, 0.1) is 6.34 Å². The van der Waals surface area contributed by atoms with Gasteiger partial charge in [0.15, 0.2) is 5.37 Å². The highest BCUT2D eigenvalue weighted by molar-refractivity contribution is 7.86. The van der Waals surface area contributed by atoms with Gasteiger partial charge in [-0.25, -0.2) is 9.98 Å². The summed E-state index contributed by atoms with van der Waals surface area (Å²) in [6.07, 6.45) is 1.28. The van der Waals surface area contributed by atoms with Crippen LogP contribution in [0.1, 0.15) is 6.92 Å². The second kappa shape index (κ2) is 4.11. The Morgan fingerprint density at radius 2 is 2.43 bits per heavy atom. The molecule has 1 aliphatic rings. The molecular formula is C5H9ClN4O3S. The Bertz CT molecular complexity index is 365. The molecule has 0 fully saturated rings. The average Bonchev–Trinajstić information content (AvgIpc) is 2.02. The standard InChI is InChI=1S/C5H9ClN4O3S/c1-3(14(11,12)13)9-5-8-2-7-4(6)10-5/h2-4H,1H3,(H,11,12,13)(H2,7,8,9,10). The Morgan fingerprint density at radius 3 is 2.93 bits per heavy atom. The van der Waals surface area contributed by atoms with Crippen LogP contribution >= 0.6 is 11.6 Å². The van der Waals surface area contributed by atoms with Crippen molar-refractivity contribution in [2.75, 3.05) is 0 Å². The molecular weight excluding hydrogens is 232 g/mol. The first-order chi connectivity index (χ1) is 6.39. The Morgan fingerprint density at radius 1 is 1.79 bits per heavy atom. The number of aliphatic imine (C=N–C) groups is 2. The third-order valence-electron chi connectivity index (χ3n) is 1.42. The zero-order chi connectivity index (χ0) is 10.8. The quantitative estimate of drug-likeness (QED) is 0.337. The molecule has 7 nitrogen and oxygen atoms in total. The normalized spacial score (nSPS) is 23.6. The molecule has 0 spiro atoms. The molecule has 1 rings (SSSR count). The molecule has 9 heteroatoms. The van der Waals surface area contributed by atoms with E-state index >= 15 is 0 Å². The van der Waals surface area contributed by atoms with E-state index in [1.54, 1.807) is 0 Å². The molecule has 1 heterocycles. The van der Waals surface area contributed by atoms with Gasteiger partial charge in [0.25, 0.3) is 10.1 Å². The molecule has 0 saturated carbocycles. The highest BCUT2D eigenvalue weighted by atomic mass is 35.5. The fourth-order valence-electron chi connectivity index (χ4n) is 0.683. The SMILES string of the molecule is CC(NC1=NC(Cl)N=CN1)S(=O)(=O)O. The van der Waals surface area contributed by atoms with E-state index in [1.807, 2.05) is 0 Å². The summed E-state index contributed by atoms with van der Waals surface area (Å²) in [4.78, 5) is 7.36. The van der Waals surface area contributed by atoms with Crippen LogP contribution in [-0.4, -0.2) is 36.3 Å². The molecule has 0 radical (unpaired) electrons. The number of hydrogen-bond acceptors (Lipinski definition) is 6. The fraction of sp³-hybridized carbons (Fsp3) is 0.600. The van der Waals surface area contributed by atoms with E-state index < -0.39 is 21.1 Å². The first kappa shape index (κ1) is 11.2. The van der Waals surface area contributed by atoms with Crippen LogP contribution in [0.25, 0.3) is 0 Å². The minimum absolute atomic E-state index is 0.144. The zero-order valence-electron chi connectivity index (χ0n) is 7.18. The Hall–Kier alpha value is -0.860. The fourth-order valence-corrected chi connectivity index (χ4v) is 1.10. The average molecular weight is 241 g/mol. The number of nitrogens with one attached hydrogen (secondary N) is 2. The number of alkyl halides is 1. The maximum absolute atomic E-state index is 10.6. The van der Waals surface area contributed by atoms with Crippen LogP contribution in [-0.2, 0) is 10.1 Å². The van der Waals surface area contributed by atoms with Crippen LogP contribution in [0.2, 0.25) is 0 Å². The van der Waals surface area contributed by atoms with Crippen LogP contribution in [0.3, 0.4) is 0 Å². The molecule has 0 aromatic heterocycles. The topological polar surface area (TPSA) is 103 Å². The number of rotatable bonds is 2. The summed E-state index contributed by atoms with van der Waals surface area (Å²) < 4.78 is 29.9. The van der Waals surface area contributed by atoms with Crippen LogP contribution in [0.4, 0.5) is 0 Å². The first-order valence-corrected chi connectivity index (χ1v) is 5.56. The van der Waals surface area contributed by atoms with Crippen LogP contribution < -0.4 is 10.6 Å². The van der Waals surface area contributed by atoms with Crippen molar-refractivity contribution >= 4 is 34.0 Å². The predicted octanol–water partition coefficient (Wildman–Crippen LogP) is -0.680. The number of guanidine groups is 1. The van der Waals surface area contributed by atoms with Gasteiger partial charge < -0.3 is 10.6 Å². The van der Waals surface area contributed by atoms with Crippen molar-refractivity contribution in [3.63, 3.8) is 0 Å². The third kappa shape index (κ3) is 3.13. The monoisotopic (exact) mass is 240 g/mol. The summed E-state index contributed by atoms with van der Waals surface area (Å²) in [5.74, 6) is 0.144. The molecule has 2 atom stereocenters. The van der Waals surface area contributed by atoms with Gasteiger partial charge in [0.2, 0.25) is 11.6 Å². The molecule has 0 bridgehead atoms. The van der Waals surface area contributed by atoms with Gasteiger partial charge in [-0.1, -0.05) is 11.6 Å². The lowest BCUT2D eigenvalue weighted by molar-refractivity contribution is 0.466. The van der Waals surface area contributed by atoms with Gasteiger partial charge in [0, 0.05) is 0 Å². The van der Waals surface area contributed by atoms with Crippen molar-refractivity contribution in [2.24, 2.45) is 9.98 Å². The van der Waals surface area contributed by atoms with Crippen molar-refractivity contribution in [1.29, 1.82) is 0 Å². The van der Waals surface area contributed by atoms with Gasteiger partial charge in [-0.3, -0.25) is 4.55 Å². The summed E-state index contributed by atoms with van der Waals surface area (Å²) in [7, 11) is -4.14. The maximum atomic E-state index is 10.6. The first-order valence-electron chi connectivity index (χ1n) is 3.62. The third-order valence-corrected chi connectivity index (χ3v) is 2.64. The van der Waals surface area contributed by atoms with E-state index in [2.05, 4.69) is 20.6 Å². The van der Waals surface area contributed by atoms with Crippen molar-refractivity contribution in [1.82, 2.24) is 10.6 Å². The highest BCUT2D eigenvalue weighted by Crippen LogP contribution is 2.01. The van der Waals surface area contributed by atoms with Gasteiger partial charge in [-0.2, -0.15) is 8.42 Å². The van der Waals surface area contributed by atoms with Gasteiger partial charge >= 0.3 is 0 Å². The second-order valence-electron chi connectivity index (χ2n) is 2.51. The Balaban J connectivity index is 2.62. The van der Waals surface area contributed by atoms with Crippen molar-refractivity contribution in [2.45, 2.75) is 17.9 Å². The highest BCUT2D eigenvalue weighted by Gasteiger charge is 2.19. The van der Waals surface area contributed by atoms with E-state index in [0.717, 1.165) is 0 Å². The van der Waals surface area contributed by atoms with Crippen LogP contribution in [0, 0.1) is 0 Å². The van der Waals surface area contributed by atoms with E-state index in [0.29, 0.717) is 0 Å². The minimum Gasteiger partial charge on any atom is -0.338 e. The number of nitrogens with zero attached hydrogens (tertiary/aromatic N) is 2. The summed E-state index contributed by atoms with van der Waals surface area (Å²) in [5.41, 5.74) is -0.785. The lowest BCUT2D eigenvalue weighted by Gasteiger charge is -2.16. The molecule has 80 valence electrons. The molecule has 2 unspecified atom stereocenters. The molecule has 0 aromatic rings. The van der Waals surface area contributed by atoms with Gasteiger partial charge in [0.1, 0.15) is 0 Å². The Kier molecular flexibility index (Phi) is 3.29. The van der Waals surface area contributed by atoms with Crippen LogP contribution in [0.5, 0.6) is 0 Å². The van der Waals surface area contributed by atoms with Crippen molar-refractivity contribution in [3.8, 4) is 0 Å². The number of halogens is 1. The minimum atomic E-state index is -4.14. The molecule has 0 amide bonds. The zero-order valence-corrected chi connectivity index (χ0v) is 8.75. The number of hydrogen-bond donors (Lipinski definition) is 3. The Labute approximate surface area is 86.0 Å². The summed E-state index contributed by atoms with van der Waals surface area (Å²) in [6.45, 7) is 1.27. The molecule has 1 aliphatic heterocycles. The smallest absolute Gasteiger partial charge is 0.285 e. The maximum Gasteiger partial charge on any atom is 0.285 e. The van der Waals surface area contributed by atoms with Crippen molar-refractivity contribution in [3.05, 3.63) is 0 Å². The lowest BCUT2D eigenvalue weighted by atomic mass is 10.7. The second-order valence-corrected chi connectivity index (χ2v) is 4.64. The van der Waals surface area contributed by atoms with E-state index in [9.17, 15) is 8.42 Å². The molecule has 0 aromatic carbocycles. The molecule has 0 aliphatic carbocycles. The van der Waals surface area contributed by atoms with Gasteiger partial charge in [-0.05, 0) is 6.92 Å². The molecule has 0 saturated heterocycles. The van der Waals surface area contributed by atoms with E-state index in [1.165, 1.54) is 13.3 Å². The predicted molar refractivity (Wildman–Crippen MR) is 52.9 cm³/mol. The van der Waals surface area contributed by atoms with E-state index in [4.69, 9.17) is 16.2 Å². The van der Waals surface area contributed by atoms with Gasteiger partial charge in [-0.15, -0.1) is 0 Å². The summed E-state index contributed by atoms with van der Waals surface area (Å²) in [6, 6.07) is 0. The summed E-state index contributed by atoms with van der Waals surface area (Å²) in [5, 5.41) is 3.79.